The SMILES string of the molecule is CCC(=O)N1CCCC(C(=O)Nc2ccc3cn[nH]c3c2)C1. The Kier molecular flexibility index (Phi) is 4.09. The number of fused-ring (bicyclic) bond motifs is 1. The van der Waals surface area contributed by atoms with Crippen molar-refractivity contribution in [2.45, 2.75) is 26.2 Å². The lowest BCUT2D eigenvalue weighted by Crippen LogP contribution is -2.43. The van der Waals surface area contributed by atoms with Crippen LogP contribution in [-0.4, -0.2) is 40.0 Å². The molecule has 0 spiro atoms. The number of H-pyrrole nitrogens is 1. The maximum atomic E-state index is 12.4. The predicted octanol–water partition coefficient (Wildman–Crippen LogP) is 2.15. The Morgan fingerprint density at radius 2 is 2.32 bits per heavy atom. The van der Waals surface area contributed by atoms with E-state index in [1.165, 1.54) is 0 Å². The van der Waals surface area contributed by atoms with Crippen LogP contribution in [0.25, 0.3) is 10.9 Å². The third kappa shape index (κ3) is 2.95. The van der Waals surface area contributed by atoms with Crippen LogP contribution in [0.4, 0.5) is 5.69 Å². The second kappa shape index (κ2) is 6.17. The second-order valence-corrected chi connectivity index (χ2v) is 5.69. The van der Waals surface area contributed by atoms with Crippen molar-refractivity contribution in [3.05, 3.63) is 24.4 Å². The third-order valence-electron chi connectivity index (χ3n) is 4.16. The van der Waals surface area contributed by atoms with E-state index in [9.17, 15) is 9.59 Å². The van der Waals surface area contributed by atoms with E-state index in [1.54, 1.807) is 11.1 Å². The Morgan fingerprint density at radius 3 is 3.14 bits per heavy atom. The Bertz CT molecular complexity index is 694. The molecule has 1 aliphatic heterocycles. The summed E-state index contributed by atoms with van der Waals surface area (Å²) in [6, 6.07) is 5.66. The Morgan fingerprint density at radius 1 is 1.45 bits per heavy atom. The van der Waals surface area contributed by atoms with Gasteiger partial charge in [-0.25, -0.2) is 0 Å². The number of rotatable bonds is 3. The van der Waals surface area contributed by atoms with Crippen LogP contribution in [0, 0.1) is 5.92 Å². The van der Waals surface area contributed by atoms with Gasteiger partial charge in [0.25, 0.3) is 0 Å². The number of carbonyl (C=O) groups excluding carboxylic acids is 2. The number of nitrogens with zero attached hydrogens (tertiary/aromatic N) is 2. The molecule has 2 amide bonds. The van der Waals surface area contributed by atoms with Crippen LogP contribution in [-0.2, 0) is 9.59 Å². The number of anilines is 1. The summed E-state index contributed by atoms with van der Waals surface area (Å²) in [4.78, 5) is 26.0. The van der Waals surface area contributed by atoms with E-state index in [0.29, 0.717) is 13.0 Å². The minimum absolute atomic E-state index is 0.0209. The van der Waals surface area contributed by atoms with E-state index >= 15 is 0 Å². The number of hydrogen-bond donors (Lipinski definition) is 2. The number of amides is 2. The molecule has 0 aliphatic carbocycles. The van der Waals surface area contributed by atoms with Crippen LogP contribution < -0.4 is 5.32 Å². The van der Waals surface area contributed by atoms with Gasteiger partial charge in [-0.15, -0.1) is 0 Å². The Hall–Kier alpha value is -2.37. The lowest BCUT2D eigenvalue weighted by Gasteiger charge is -2.31. The van der Waals surface area contributed by atoms with Gasteiger partial charge in [-0.3, -0.25) is 14.7 Å². The smallest absolute Gasteiger partial charge is 0.229 e. The summed E-state index contributed by atoms with van der Waals surface area (Å²) in [6.07, 6.45) is 3.94. The molecule has 6 heteroatoms. The monoisotopic (exact) mass is 300 g/mol. The van der Waals surface area contributed by atoms with Gasteiger partial charge in [-0.05, 0) is 31.0 Å². The number of aromatic amines is 1. The number of carbonyl (C=O) groups is 2. The summed E-state index contributed by atoms with van der Waals surface area (Å²) in [6.45, 7) is 3.13. The number of benzene rings is 1. The molecule has 0 radical (unpaired) electrons. The van der Waals surface area contributed by atoms with Crippen molar-refractivity contribution in [2.75, 3.05) is 18.4 Å². The van der Waals surface area contributed by atoms with E-state index in [4.69, 9.17) is 0 Å². The number of piperidine rings is 1. The lowest BCUT2D eigenvalue weighted by atomic mass is 9.96. The summed E-state index contributed by atoms with van der Waals surface area (Å²) in [5.74, 6) is -0.0365. The zero-order valence-corrected chi connectivity index (χ0v) is 12.6. The average Bonchev–Trinajstić information content (AvgIpc) is 3.02. The first-order chi connectivity index (χ1) is 10.7. The molecule has 1 unspecified atom stereocenters. The Balaban J connectivity index is 1.66. The Labute approximate surface area is 128 Å². The molecule has 1 aromatic heterocycles. The molecule has 0 saturated carbocycles. The van der Waals surface area contributed by atoms with Crippen LogP contribution in [0.5, 0.6) is 0 Å². The van der Waals surface area contributed by atoms with Crippen molar-refractivity contribution in [1.82, 2.24) is 15.1 Å². The highest BCUT2D eigenvalue weighted by Crippen LogP contribution is 2.21. The molecule has 1 aliphatic rings. The molecule has 1 aromatic carbocycles. The summed E-state index contributed by atoms with van der Waals surface area (Å²) < 4.78 is 0. The van der Waals surface area contributed by atoms with Gasteiger partial charge >= 0.3 is 0 Å². The molecular formula is C16H20N4O2. The van der Waals surface area contributed by atoms with Gasteiger partial charge < -0.3 is 10.2 Å². The number of likely N-dealkylation sites (tertiary alicyclic amines) is 1. The quantitative estimate of drug-likeness (QED) is 0.911. The molecule has 22 heavy (non-hydrogen) atoms. The molecule has 2 N–H and O–H groups in total. The predicted molar refractivity (Wildman–Crippen MR) is 84.3 cm³/mol. The minimum atomic E-state index is -0.137. The fourth-order valence-corrected chi connectivity index (χ4v) is 2.90. The molecule has 1 saturated heterocycles. The normalized spacial score (nSPS) is 18.4. The highest BCUT2D eigenvalue weighted by Gasteiger charge is 2.27. The molecule has 1 atom stereocenters. The van der Waals surface area contributed by atoms with Gasteiger partial charge in [0.15, 0.2) is 0 Å². The topological polar surface area (TPSA) is 78.1 Å². The molecule has 116 valence electrons. The number of hydrogen-bond acceptors (Lipinski definition) is 3. The van der Waals surface area contributed by atoms with E-state index in [2.05, 4.69) is 15.5 Å². The molecule has 6 nitrogen and oxygen atoms in total. The lowest BCUT2D eigenvalue weighted by molar-refractivity contribution is -0.134. The fraction of sp³-hybridized carbons (Fsp3) is 0.438. The summed E-state index contributed by atoms with van der Waals surface area (Å²) in [7, 11) is 0. The van der Waals surface area contributed by atoms with Crippen molar-refractivity contribution in [1.29, 1.82) is 0 Å². The van der Waals surface area contributed by atoms with Crippen molar-refractivity contribution >= 4 is 28.4 Å². The maximum Gasteiger partial charge on any atom is 0.229 e. The summed E-state index contributed by atoms with van der Waals surface area (Å²) in [5.41, 5.74) is 1.64. The second-order valence-electron chi connectivity index (χ2n) is 5.69. The highest BCUT2D eigenvalue weighted by molar-refractivity contribution is 5.95. The molecular weight excluding hydrogens is 280 g/mol. The number of aromatic nitrogens is 2. The fourth-order valence-electron chi connectivity index (χ4n) is 2.90. The zero-order valence-electron chi connectivity index (χ0n) is 12.6. The number of nitrogens with one attached hydrogen (secondary N) is 2. The summed E-state index contributed by atoms with van der Waals surface area (Å²) >= 11 is 0. The molecule has 2 heterocycles. The van der Waals surface area contributed by atoms with Crippen molar-refractivity contribution in [2.24, 2.45) is 5.92 Å². The van der Waals surface area contributed by atoms with Gasteiger partial charge in [-0.1, -0.05) is 6.92 Å². The molecule has 3 rings (SSSR count). The first kappa shape index (κ1) is 14.6. The third-order valence-corrected chi connectivity index (χ3v) is 4.16. The molecule has 0 bridgehead atoms. The van der Waals surface area contributed by atoms with Gasteiger partial charge in [0.05, 0.1) is 17.6 Å². The van der Waals surface area contributed by atoms with Gasteiger partial charge in [0.1, 0.15) is 0 Å². The van der Waals surface area contributed by atoms with E-state index in [1.807, 2.05) is 25.1 Å². The van der Waals surface area contributed by atoms with E-state index in [0.717, 1.165) is 36.0 Å². The largest absolute Gasteiger partial charge is 0.342 e. The average molecular weight is 300 g/mol. The van der Waals surface area contributed by atoms with Crippen LogP contribution in [0.1, 0.15) is 26.2 Å². The maximum absolute atomic E-state index is 12.4. The van der Waals surface area contributed by atoms with Crippen LogP contribution >= 0.6 is 0 Å². The van der Waals surface area contributed by atoms with E-state index in [-0.39, 0.29) is 17.7 Å². The van der Waals surface area contributed by atoms with Crippen LogP contribution in [0.15, 0.2) is 24.4 Å². The van der Waals surface area contributed by atoms with Crippen molar-refractivity contribution in [3.8, 4) is 0 Å². The van der Waals surface area contributed by atoms with Gasteiger partial charge in [0.2, 0.25) is 11.8 Å². The van der Waals surface area contributed by atoms with Gasteiger partial charge in [0, 0.05) is 30.6 Å². The minimum Gasteiger partial charge on any atom is -0.342 e. The standard InChI is InChI=1S/C16H20N4O2/c1-2-15(21)20-7-3-4-12(10-20)16(22)18-13-6-5-11-9-17-19-14(11)8-13/h5-6,8-9,12H,2-4,7,10H2,1H3,(H,17,19)(H,18,22). The van der Waals surface area contributed by atoms with Crippen LogP contribution in [0.3, 0.4) is 0 Å². The molecule has 1 fully saturated rings. The van der Waals surface area contributed by atoms with Crippen LogP contribution in [0.2, 0.25) is 0 Å². The highest BCUT2D eigenvalue weighted by atomic mass is 16.2. The zero-order chi connectivity index (χ0) is 15.5. The van der Waals surface area contributed by atoms with E-state index < -0.39 is 0 Å². The van der Waals surface area contributed by atoms with Crippen molar-refractivity contribution in [3.63, 3.8) is 0 Å². The van der Waals surface area contributed by atoms with Crippen molar-refractivity contribution < 1.29 is 9.59 Å². The van der Waals surface area contributed by atoms with Gasteiger partial charge in [-0.2, -0.15) is 5.10 Å². The molecule has 2 aromatic rings. The first-order valence-electron chi connectivity index (χ1n) is 7.69. The first-order valence-corrected chi connectivity index (χ1v) is 7.69. The summed E-state index contributed by atoms with van der Waals surface area (Å²) in [5, 5.41) is 10.8.